The lowest BCUT2D eigenvalue weighted by atomic mass is 10.1. The van der Waals surface area contributed by atoms with Crippen molar-refractivity contribution in [2.45, 2.75) is 17.7 Å². The fraction of sp³-hybridized carbons (Fsp3) is 0.227. The van der Waals surface area contributed by atoms with Crippen LogP contribution in [0.2, 0.25) is 0 Å². The minimum absolute atomic E-state index is 0.146. The molecule has 0 radical (unpaired) electrons. The smallest absolute Gasteiger partial charge is 0.337 e. The fourth-order valence-electron chi connectivity index (χ4n) is 4.04. The number of amides is 1. The number of rotatable bonds is 8. The zero-order chi connectivity index (χ0) is 26.5. The molecule has 1 aliphatic carbocycles. The summed E-state index contributed by atoms with van der Waals surface area (Å²) in [4.78, 5) is 34.9. The number of nitro benzene ring substituents is 1. The summed E-state index contributed by atoms with van der Waals surface area (Å²) in [6.45, 7) is -0.161. The molecule has 2 aliphatic rings. The van der Waals surface area contributed by atoms with E-state index in [4.69, 9.17) is 10.5 Å². The monoisotopic (exact) mass is 530 g/mol. The number of nitrogens with one attached hydrogen (secondary N) is 2. The zero-order valence-corrected chi connectivity index (χ0v) is 19.9. The second-order valence-electron chi connectivity index (χ2n) is 8.57. The van der Waals surface area contributed by atoms with E-state index >= 15 is 0 Å². The topological polar surface area (TPSA) is 215 Å². The molecule has 0 unspecified atom stereocenters. The van der Waals surface area contributed by atoms with Gasteiger partial charge in [0, 0.05) is 11.9 Å². The Morgan fingerprint density at radius 3 is 2.70 bits per heavy atom. The van der Waals surface area contributed by atoms with Crippen LogP contribution in [-0.2, 0) is 4.79 Å². The van der Waals surface area contributed by atoms with E-state index in [1.54, 1.807) is 24.3 Å². The number of primary amides is 1. The number of nitro groups is 1. The van der Waals surface area contributed by atoms with E-state index in [1.165, 1.54) is 10.7 Å². The first-order valence-corrected chi connectivity index (χ1v) is 12.6. The Bertz CT molecular complexity index is 1550. The number of fused-ring (bicyclic) bond motifs is 2. The molecule has 194 valence electrons. The number of carbonyl (C=O) groups is 1. The summed E-state index contributed by atoms with van der Waals surface area (Å²) in [6.07, 6.45) is 2.06. The van der Waals surface area contributed by atoms with Crippen molar-refractivity contribution in [1.29, 1.82) is 0 Å². The van der Waals surface area contributed by atoms with Gasteiger partial charge in [-0.3, -0.25) is 28.8 Å². The molecule has 37 heavy (non-hydrogen) atoms. The van der Waals surface area contributed by atoms with Gasteiger partial charge >= 0.3 is 5.69 Å². The van der Waals surface area contributed by atoms with Crippen LogP contribution in [0.25, 0.3) is 10.9 Å². The highest BCUT2D eigenvalue weighted by Gasteiger charge is 2.39. The van der Waals surface area contributed by atoms with Crippen LogP contribution < -0.4 is 26.8 Å². The maximum atomic E-state index is 13.5. The van der Waals surface area contributed by atoms with E-state index in [0.717, 1.165) is 18.9 Å². The van der Waals surface area contributed by atoms with Gasteiger partial charge in [-0.05, 0) is 43.0 Å². The average molecular weight is 531 g/mol. The Balaban J connectivity index is 1.66. The number of ether oxygens (including phenoxy) is 1. The summed E-state index contributed by atoms with van der Waals surface area (Å²) < 4.78 is 32.0. The van der Waals surface area contributed by atoms with Crippen LogP contribution >= 0.6 is 10.8 Å². The molecule has 5 rings (SSSR count). The quantitative estimate of drug-likeness (QED) is 0.184. The van der Waals surface area contributed by atoms with Crippen molar-refractivity contribution in [3.05, 3.63) is 62.4 Å². The predicted octanol–water partition coefficient (Wildman–Crippen LogP) is 2.33. The number of para-hydroxylation sites is 1. The Kier molecular flexibility index (Phi) is 5.89. The second-order valence-corrected chi connectivity index (χ2v) is 10.2. The summed E-state index contributed by atoms with van der Waals surface area (Å²) in [7, 11) is -4.28. The van der Waals surface area contributed by atoms with Gasteiger partial charge in [-0.15, -0.1) is 4.40 Å². The number of nitrogens with two attached hydrogens (primary N) is 1. The van der Waals surface area contributed by atoms with Gasteiger partial charge in [0.1, 0.15) is 11.3 Å². The van der Waals surface area contributed by atoms with E-state index in [9.17, 15) is 33.9 Å². The van der Waals surface area contributed by atoms with E-state index in [-0.39, 0.29) is 17.1 Å². The van der Waals surface area contributed by atoms with Gasteiger partial charge in [0.05, 0.1) is 16.1 Å². The number of anilines is 1. The third-order valence-electron chi connectivity index (χ3n) is 5.92. The van der Waals surface area contributed by atoms with Crippen molar-refractivity contribution < 1.29 is 28.7 Å². The Labute approximate surface area is 210 Å². The lowest BCUT2D eigenvalue weighted by Gasteiger charge is -2.34. The summed E-state index contributed by atoms with van der Waals surface area (Å²) in [5.41, 5.74) is 6.47. The maximum absolute atomic E-state index is 13.5. The number of amidine groups is 1. The highest BCUT2D eigenvalue weighted by molar-refractivity contribution is 8.23. The molecule has 1 saturated carbocycles. The van der Waals surface area contributed by atoms with Gasteiger partial charge in [0.2, 0.25) is 0 Å². The van der Waals surface area contributed by atoms with Crippen LogP contribution in [0.4, 0.5) is 11.4 Å². The number of pyridine rings is 1. The van der Waals surface area contributed by atoms with Crippen LogP contribution in [0.5, 0.6) is 11.5 Å². The molecule has 0 spiro atoms. The molecule has 14 nitrogen and oxygen atoms in total. The predicted molar refractivity (Wildman–Crippen MR) is 136 cm³/mol. The van der Waals surface area contributed by atoms with Crippen molar-refractivity contribution in [2.75, 3.05) is 23.9 Å². The maximum Gasteiger partial charge on any atom is 0.337 e. The largest absolute Gasteiger partial charge is 0.506 e. The van der Waals surface area contributed by atoms with Gasteiger partial charge in [-0.1, -0.05) is 22.9 Å². The normalized spacial score (nSPS) is 16.8. The molecule has 2 aromatic carbocycles. The standard InChI is InChI=1S/C22H22N6O8S/c23-16(29)10-36-15-8-7-13-20(18(15)28(32)33)37(34,35)26-21(25-13)17-19(30)12-3-1-2-4-14(12)27(22(17)31)24-9-11-5-6-11/h1-4,7-8,11,24,30,34-35H,5-6,9-10H2,(H2,23,29)(H,25,26). The highest BCUT2D eigenvalue weighted by atomic mass is 32.3. The van der Waals surface area contributed by atoms with Crippen LogP contribution in [0, 0.1) is 16.0 Å². The van der Waals surface area contributed by atoms with Crippen LogP contribution in [0.15, 0.2) is 50.5 Å². The van der Waals surface area contributed by atoms with Crippen molar-refractivity contribution in [1.82, 2.24) is 4.68 Å². The number of aromatic hydroxyl groups is 1. The Hall–Kier alpha value is -4.34. The third-order valence-corrected chi connectivity index (χ3v) is 7.32. The Morgan fingerprint density at radius 2 is 2.03 bits per heavy atom. The minimum Gasteiger partial charge on any atom is -0.506 e. The molecular weight excluding hydrogens is 508 g/mol. The molecule has 1 fully saturated rings. The summed E-state index contributed by atoms with van der Waals surface area (Å²) in [5.74, 6) is -1.74. The number of carbonyl (C=O) groups excluding carboxylic acids is 1. The lowest BCUT2D eigenvalue weighted by molar-refractivity contribution is -0.388. The van der Waals surface area contributed by atoms with Gasteiger partial charge in [-0.25, -0.2) is 4.68 Å². The van der Waals surface area contributed by atoms with Crippen LogP contribution in [-0.4, -0.2) is 48.7 Å². The van der Waals surface area contributed by atoms with E-state index in [0.29, 0.717) is 23.4 Å². The molecule has 0 bridgehead atoms. The second kappa shape index (κ2) is 8.95. The van der Waals surface area contributed by atoms with Crippen molar-refractivity contribution in [3.63, 3.8) is 0 Å². The van der Waals surface area contributed by atoms with Crippen molar-refractivity contribution in [3.8, 4) is 11.5 Å². The van der Waals surface area contributed by atoms with E-state index < -0.39 is 55.9 Å². The number of aromatic nitrogens is 1. The Morgan fingerprint density at radius 1 is 1.30 bits per heavy atom. The van der Waals surface area contributed by atoms with E-state index in [1.807, 2.05) is 0 Å². The number of nitrogens with zero attached hydrogens (tertiary/aromatic N) is 3. The van der Waals surface area contributed by atoms with Gasteiger partial charge in [0.15, 0.2) is 23.1 Å². The molecule has 1 aromatic heterocycles. The SMILES string of the molecule is NC(=O)COc1ccc2c(c1[N+](=O)[O-])S(O)(O)N=C(c1c(O)c3ccccc3n(NCC3CC3)c1=O)N2. The number of benzene rings is 2. The number of hydrogen-bond donors (Lipinski definition) is 6. The van der Waals surface area contributed by atoms with Crippen molar-refractivity contribution >= 4 is 44.8 Å². The first-order chi connectivity index (χ1) is 17.6. The molecular formula is C22H22N6O8S. The number of hydrogen-bond acceptors (Lipinski definition) is 11. The molecule has 15 heteroatoms. The highest BCUT2D eigenvalue weighted by Crippen LogP contribution is 2.61. The average Bonchev–Trinajstić information content (AvgIpc) is 3.66. The fourth-order valence-corrected chi connectivity index (χ4v) is 5.37. The van der Waals surface area contributed by atoms with Gasteiger partial charge < -0.3 is 26.3 Å². The first kappa shape index (κ1) is 24.4. The summed E-state index contributed by atoms with van der Waals surface area (Å²) >= 11 is 0. The van der Waals surface area contributed by atoms with Crippen LogP contribution in [0.1, 0.15) is 18.4 Å². The van der Waals surface area contributed by atoms with E-state index in [2.05, 4.69) is 15.1 Å². The molecule has 0 atom stereocenters. The molecule has 1 amide bonds. The molecule has 0 saturated heterocycles. The van der Waals surface area contributed by atoms with Crippen molar-refractivity contribution in [2.24, 2.45) is 16.0 Å². The summed E-state index contributed by atoms with van der Waals surface area (Å²) in [5, 5.41) is 25.9. The first-order valence-electron chi connectivity index (χ1n) is 11.1. The van der Waals surface area contributed by atoms with Gasteiger partial charge in [-0.2, -0.15) is 0 Å². The molecule has 7 N–H and O–H groups in total. The molecule has 1 aliphatic heterocycles. The minimum atomic E-state index is -4.28. The van der Waals surface area contributed by atoms with Gasteiger partial charge in [0.25, 0.3) is 11.5 Å². The molecule has 2 heterocycles. The zero-order valence-electron chi connectivity index (χ0n) is 19.1. The molecule has 3 aromatic rings. The third kappa shape index (κ3) is 4.39. The lowest BCUT2D eigenvalue weighted by Crippen LogP contribution is -2.36. The van der Waals surface area contributed by atoms with Crippen LogP contribution in [0.3, 0.4) is 0 Å². The summed E-state index contributed by atoms with van der Waals surface area (Å²) in [6, 6.07) is 8.99.